The molecule has 1 unspecified atom stereocenters. The van der Waals surface area contributed by atoms with Gasteiger partial charge < -0.3 is 4.74 Å². The fourth-order valence-electron chi connectivity index (χ4n) is 1.59. The summed E-state index contributed by atoms with van der Waals surface area (Å²) in [5, 5.41) is 2.43. The van der Waals surface area contributed by atoms with Gasteiger partial charge in [-0.05, 0) is 23.8 Å². The molecule has 0 saturated carbocycles. The molecular weight excluding hydrogens is 220 g/mol. The number of thiophene rings is 1. The topological polar surface area (TPSA) is 26.3 Å². The molecule has 0 radical (unpaired) electrons. The van der Waals surface area contributed by atoms with Crippen molar-refractivity contribution in [1.82, 2.24) is 0 Å². The standard InChI is InChI=1S/C10H11ClO2S/c11-8-2-4-14-10(8)9(12)5-7-1-3-13-6-7/h2,4,7H,1,3,5-6H2. The molecule has 0 aromatic carbocycles. The number of hydrogen-bond donors (Lipinski definition) is 0. The van der Waals surface area contributed by atoms with Gasteiger partial charge in [-0.2, -0.15) is 0 Å². The van der Waals surface area contributed by atoms with E-state index in [0.29, 0.717) is 28.8 Å². The third-order valence-electron chi connectivity index (χ3n) is 2.37. The normalized spacial score (nSPS) is 21.4. The summed E-state index contributed by atoms with van der Waals surface area (Å²) in [5.74, 6) is 0.543. The molecule has 2 rings (SSSR count). The Bertz CT molecular complexity index is 329. The summed E-state index contributed by atoms with van der Waals surface area (Å²) in [6, 6.07) is 1.77. The molecule has 1 fully saturated rings. The average molecular weight is 231 g/mol. The molecular formula is C10H11ClO2S. The van der Waals surface area contributed by atoms with E-state index in [1.54, 1.807) is 6.07 Å². The van der Waals surface area contributed by atoms with Crippen LogP contribution < -0.4 is 0 Å². The lowest BCUT2D eigenvalue weighted by molar-refractivity contribution is 0.0957. The van der Waals surface area contributed by atoms with Gasteiger partial charge in [-0.25, -0.2) is 0 Å². The smallest absolute Gasteiger partial charge is 0.174 e. The molecule has 0 bridgehead atoms. The first-order valence-corrected chi connectivity index (χ1v) is 5.87. The molecule has 1 aromatic heterocycles. The first-order chi connectivity index (χ1) is 6.77. The molecule has 1 aliphatic rings. The van der Waals surface area contributed by atoms with Gasteiger partial charge in [-0.1, -0.05) is 11.6 Å². The Balaban J connectivity index is 1.98. The van der Waals surface area contributed by atoms with Crippen LogP contribution in [0.1, 0.15) is 22.5 Å². The van der Waals surface area contributed by atoms with Crippen LogP contribution in [-0.4, -0.2) is 19.0 Å². The lowest BCUT2D eigenvalue weighted by atomic mass is 10.0. The highest BCUT2D eigenvalue weighted by molar-refractivity contribution is 7.12. The van der Waals surface area contributed by atoms with Gasteiger partial charge in [0.15, 0.2) is 5.78 Å². The van der Waals surface area contributed by atoms with E-state index in [1.807, 2.05) is 5.38 Å². The third kappa shape index (κ3) is 2.16. The number of ketones is 1. The first-order valence-electron chi connectivity index (χ1n) is 4.61. The molecule has 0 aliphatic carbocycles. The highest BCUT2D eigenvalue weighted by Crippen LogP contribution is 2.26. The summed E-state index contributed by atoms with van der Waals surface area (Å²) in [6.07, 6.45) is 1.56. The molecule has 4 heteroatoms. The molecule has 1 atom stereocenters. The average Bonchev–Trinajstić information content (AvgIpc) is 2.75. The van der Waals surface area contributed by atoms with Crippen molar-refractivity contribution in [2.75, 3.05) is 13.2 Å². The number of carbonyl (C=O) groups is 1. The fraction of sp³-hybridized carbons (Fsp3) is 0.500. The van der Waals surface area contributed by atoms with Gasteiger partial charge in [0.05, 0.1) is 9.90 Å². The number of halogens is 1. The first kappa shape index (κ1) is 10.1. The highest BCUT2D eigenvalue weighted by Gasteiger charge is 2.21. The predicted octanol–water partition coefficient (Wildman–Crippen LogP) is 3.01. The van der Waals surface area contributed by atoms with Gasteiger partial charge in [0, 0.05) is 19.6 Å². The van der Waals surface area contributed by atoms with Crippen molar-refractivity contribution in [3.63, 3.8) is 0 Å². The molecule has 76 valence electrons. The highest BCUT2D eigenvalue weighted by atomic mass is 35.5. The third-order valence-corrected chi connectivity index (χ3v) is 3.75. The van der Waals surface area contributed by atoms with Crippen molar-refractivity contribution in [2.24, 2.45) is 5.92 Å². The van der Waals surface area contributed by atoms with E-state index < -0.39 is 0 Å². The van der Waals surface area contributed by atoms with Crippen LogP contribution >= 0.6 is 22.9 Å². The summed E-state index contributed by atoms with van der Waals surface area (Å²) in [4.78, 5) is 12.4. The van der Waals surface area contributed by atoms with Crippen molar-refractivity contribution < 1.29 is 9.53 Å². The summed E-state index contributed by atoms with van der Waals surface area (Å²) in [6.45, 7) is 1.50. The SMILES string of the molecule is O=C(CC1CCOC1)c1sccc1Cl. The molecule has 0 amide bonds. The van der Waals surface area contributed by atoms with E-state index in [1.165, 1.54) is 11.3 Å². The van der Waals surface area contributed by atoms with Gasteiger partial charge in [0.25, 0.3) is 0 Å². The second-order valence-electron chi connectivity index (χ2n) is 3.45. The van der Waals surface area contributed by atoms with Crippen LogP contribution in [0.4, 0.5) is 0 Å². The lowest BCUT2D eigenvalue weighted by Gasteiger charge is -2.04. The largest absolute Gasteiger partial charge is 0.381 e. The molecule has 1 aliphatic heterocycles. The maximum absolute atomic E-state index is 11.8. The van der Waals surface area contributed by atoms with Crippen LogP contribution in [0.25, 0.3) is 0 Å². The Morgan fingerprint density at radius 1 is 1.71 bits per heavy atom. The Kier molecular flexibility index (Phi) is 3.21. The van der Waals surface area contributed by atoms with Crippen LogP contribution in [0, 0.1) is 5.92 Å². The lowest BCUT2D eigenvalue weighted by Crippen LogP contribution is -2.07. The molecule has 14 heavy (non-hydrogen) atoms. The van der Waals surface area contributed by atoms with E-state index in [9.17, 15) is 4.79 Å². The maximum Gasteiger partial charge on any atom is 0.174 e. The van der Waals surface area contributed by atoms with E-state index >= 15 is 0 Å². The summed E-state index contributed by atoms with van der Waals surface area (Å²) >= 11 is 7.30. The Morgan fingerprint density at radius 3 is 3.14 bits per heavy atom. The monoisotopic (exact) mass is 230 g/mol. The number of hydrogen-bond acceptors (Lipinski definition) is 3. The minimum absolute atomic E-state index is 0.153. The zero-order valence-electron chi connectivity index (χ0n) is 7.66. The number of Topliss-reactive ketones (excluding diaryl/α,β-unsaturated/α-hetero) is 1. The predicted molar refractivity (Wildman–Crippen MR) is 57.2 cm³/mol. The number of carbonyl (C=O) groups excluding carboxylic acids is 1. The quantitative estimate of drug-likeness (QED) is 0.747. The second kappa shape index (κ2) is 4.43. The van der Waals surface area contributed by atoms with Gasteiger partial charge in [-0.15, -0.1) is 11.3 Å². The second-order valence-corrected chi connectivity index (χ2v) is 4.78. The maximum atomic E-state index is 11.8. The van der Waals surface area contributed by atoms with Crippen molar-refractivity contribution in [3.05, 3.63) is 21.3 Å². The summed E-state index contributed by atoms with van der Waals surface area (Å²) in [5.41, 5.74) is 0. The van der Waals surface area contributed by atoms with Crippen LogP contribution in [0.15, 0.2) is 11.4 Å². The molecule has 1 saturated heterocycles. The van der Waals surface area contributed by atoms with Crippen molar-refractivity contribution >= 4 is 28.7 Å². The van der Waals surface area contributed by atoms with E-state index in [-0.39, 0.29) is 5.78 Å². The zero-order chi connectivity index (χ0) is 9.97. The van der Waals surface area contributed by atoms with Gasteiger partial charge in [0.1, 0.15) is 0 Å². The van der Waals surface area contributed by atoms with Crippen LogP contribution in [0.2, 0.25) is 5.02 Å². The summed E-state index contributed by atoms with van der Waals surface area (Å²) in [7, 11) is 0. The van der Waals surface area contributed by atoms with E-state index in [2.05, 4.69) is 0 Å². The molecule has 2 nitrogen and oxygen atoms in total. The Hall–Kier alpha value is -0.380. The minimum Gasteiger partial charge on any atom is -0.381 e. The summed E-state index contributed by atoms with van der Waals surface area (Å²) < 4.78 is 5.22. The fourth-order valence-corrected chi connectivity index (χ4v) is 2.70. The van der Waals surface area contributed by atoms with Gasteiger partial charge in [0.2, 0.25) is 0 Å². The van der Waals surface area contributed by atoms with Crippen LogP contribution in [-0.2, 0) is 4.74 Å². The molecule has 2 heterocycles. The van der Waals surface area contributed by atoms with E-state index in [4.69, 9.17) is 16.3 Å². The van der Waals surface area contributed by atoms with Crippen molar-refractivity contribution in [2.45, 2.75) is 12.8 Å². The van der Waals surface area contributed by atoms with Crippen molar-refractivity contribution in [3.8, 4) is 0 Å². The minimum atomic E-state index is 0.153. The van der Waals surface area contributed by atoms with Gasteiger partial charge in [-0.3, -0.25) is 4.79 Å². The number of rotatable bonds is 3. The van der Waals surface area contributed by atoms with Crippen LogP contribution in [0.5, 0.6) is 0 Å². The van der Waals surface area contributed by atoms with Crippen molar-refractivity contribution in [1.29, 1.82) is 0 Å². The van der Waals surface area contributed by atoms with Crippen LogP contribution in [0.3, 0.4) is 0 Å². The Morgan fingerprint density at radius 2 is 2.57 bits per heavy atom. The molecule has 0 spiro atoms. The van der Waals surface area contributed by atoms with Gasteiger partial charge >= 0.3 is 0 Å². The van der Waals surface area contributed by atoms with E-state index in [0.717, 1.165) is 13.0 Å². The zero-order valence-corrected chi connectivity index (χ0v) is 9.24. The Labute approximate surface area is 91.8 Å². The number of ether oxygens (including phenoxy) is 1. The molecule has 1 aromatic rings. The molecule has 0 N–H and O–H groups in total.